The maximum absolute atomic E-state index is 13.3. The first-order valence-electron chi connectivity index (χ1n) is 9.50. The van der Waals surface area contributed by atoms with Crippen molar-refractivity contribution in [1.82, 2.24) is 4.57 Å². The summed E-state index contributed by atoms with van der Waals surface area (Å²) in [5.41, 5.74) is 1.01. The number of esters is 1. The molecule has 5 nitrogen and oxygen atoms in total. The summed E-state index contributed by atoms with van der Waals surface area (Å²) in [6, 6.07) is 21.0. The second-order valence-corrected chi connectivity index (χ2v) is 6.78. The lowest BCUT2D eigenvalue weighted by Crippen LogP contribution is -2.31. The number of hydrogen-bond acceptors (Lipinski definition) is 4. The van der Waals surface area contributed by atoms with E-state index >= 15 is 0 Å². The summed E-state index contributed by atoms with van der Waals surface area (Å²) in [5, 5.41) is 2.83. The number of carbonyl (C=O) groups excluding carboxylic acids is 2. The van der Waals surface area contributed by atoms with Crippen LogP contribution in [-0.2, 0) is 4.74 Å². The van der Waals surface area contributed by atoms with Gasteiger partial charge in [0.05, 0.1) is 18.2 Å². The van der Waals surface area contributed by atoms with Crippen LogP contribution in [0.25, 0.3) is 21.7 Å². The standard InChI is InChI=1S/C24H21NO4/c1-3-22(29-18-13-12-16-8-4-5-9-17(16)14-18)23(26)25-15-20(24(27)28-2)19-10-6-7-11-21(19)25/h4-15,22H,3H2,1-2H3/t22-/m1/s1. The zero-order chi connectivity index (χ0) is 20.4. The van der Waals surface area contributed by atoms with Crippen molar-refractivity contribution in [2.75, 3.05) is 7.11 Å². The van der Waals surface area contributed by atoms with Crippen LogP contribution < -0.4 is 4.74 Å². The summed E-state index contributed by atoms with van der Waals surface area (Å²) >= 11 is 0. The van der Waals surface area contributed by atoms with Crippen LogP contribution in [-0.4, -0.2) is 29.7 Å². The molecule has 0 aliphatic rings. The van der Waals surface area contributed by atoms with Crippen molar-refractivity contribution in [2.24, 2.45) is 0 Å². The first kappa shape index (κ1) is 18.7. The van der Waals surface area contributed by atoms with Crippen LogP contribution in [0.2, 0.25) is 0 Å². The predicted octanol–water partition coefficient (Wildman–Crippen LogP) is 5.08. The topological polar surface area (TPSA) is 57.5 Å². The minimum Gasteiger partial charge on any atom is -0.481 e. The van der Waals surface area contributed by atoms with Crippen molar-refractivity contribution < 1.29 is 19.1 Å². The Labute approximate surface area is 168 Å². The van der Waals surface area contributed by atoms with E-state index in [1.165, 1.54) is 17.9 Å². The van der Waals surface area contributed by atoms with Crippen LogP contribution in [0.3, 0.4) is 0 Å². The summed E-state index contributed by atoms with van der Waals surface area (Å²) in [5.74, 6) is -0.0724. The minimum atomic E-state index is -0.683. The highest BCUT2D eigenvalue weighted by molar-refractivity contribution is 6.07. The first-order chi connectivity index (χ1) is 14.1. The molecule has 0 saturated heterocycles. The van der Waals surface area contributed by atoms with E-state index in [4.69, 9.17) is 9.47 Å². The second-order valence-electron chi connectivity index (χ2n) is 6.78. The van der Waals surface area contributed by atoms with Gasteiger partial charge in [-0.1, -0.05) is 55.5 Å². The zero-order valence-electron chi connectivity index (χ0n) is 16.3. The highest BCUT2D eigenvalue weighted by Crippen LogP contribution is 2.25. The molecule has 0 N–H and O–H groups in total. The van der Waals surface area contributed by atoms with Crippen LogP contribution in [0.1, 0.15) is 28.5 Å². The summed E-state index contributed by atoms with van der Waals surface area (Å²) in [6.07, 6.45) is 1.34. The molecule has 4 rings (SSSR count). The van der Waals surface area contributed by atoms with Crippen molar-refractivity contribution >= 4 is 33.6 Å². The number of nitrogens with zero attached hydrogens (tertiary/aromatic N) is 1. The molecule has 0 fully saturated rings. The van der Waals surface area contributed by atoms with E-state index in [1.807, 2.05) is 67.6 Å². The van der Waals surface area contributed by atoms with Crippen molar-refractivity contribution in [3.63, 3.8) is 0 Å². The maximum Gasteiger partial charge on any atom is 0.340 e. The van der Waals surface area contributed by atoms with Gasteiger partial charge < -0.3 is 9.47 Å². The fourth-order valence-corrected chi connectivity index (χ4v) is 3.50. The summed E-state index contributed by atoms with van der Waals surface area (Å²) < 4.78 is 12.4. The molecule has 1 aromatic heterocycles. The highest BCUT2D eigenvalue weighted by atomic mass is 16.5. The van der Waals surface area contributed by atoms with Gasteiger partial charge in [0.25, 0.3) is 5.91 Å². The van der Waals surface area contributed by atoms with Crippen molar-refractivity contribution in [2.45, 2.75) is 19.4 Å². The van der Waals surface area contributed by atoms with Crippen molar-refractivity contribution in [1.29, 1.82) is 0 Å². The molecule has 0 unspecified atom stereocenters. The second kappa shape index (κ2) is 7.80. The lowest BCUT2D eigenvalue weighted by Gasteiger charge is -2.18. The molecule has 1 atom stereocenters. The number of aromatic nitrogens is 1. The molecule has 0 bridgehead atoms. The van der Waals surface area contributed by atoms with Crippen LogP contribution in [0, 0.1) is 0 Å². The van der Waals surface area contributed by atoms with Crippen LogP contribution in [0.4, 0.5) is 0 Å². The van der Waals surface area contributed by atoms with E-state index in [0.717, 1.165) is 10.8 Å². The molecule has 0 aliphatic heterocycles. The van der Waals surface area contributed by atoms with Gasteiger partial charge in [-0.25, -0.2) is 4.79 Å². The van der Waals surface area contributed by atoms with Crippen LogP contribution >= 0.6 is 0 Å². The number of fused-ring (bicyclic) bond motifs is 2. The Hall–Kier alpha value is -3.60. The Morgan fingerprint density at radius 1 is 0.966 bits per heavy atom. The van der Waals surface area contributed by atoms with E-state index in [9.17, 15) is 9.59 Å². The van der Waals surface area contributed by atoms with Gasteiger partial charge in [-0.2, -0.15) is 0 Å². The molecule has 1 heterocycles. The van der Waals surface area contributed by atoms with Gasteiger partial charge >= 0.3 is 5.97 Å². The minimum absolute atomic E-state index is 0.230. The van der Waals surface area contributed by atoms with Crippen molar-refractivity contribution in [3.05, 3.63) is 78.5 Å². The molecule has 4 aromatic rings. The Morgan fingerprint density at radius 3 is 2.45 bits per heavy atom. The van der Waals surface area contributed by atoms with Crippen molar-refractivity contribution in [3.8, 4) is 5.75 Å². The van der Waals surface area contributed by atoms with Gasteiger partial charge in [0, 0.05) is 11.6 Å². The monoisotopic (exact) mass is 387 g/mol. The Morgan fingerprint density at radius 2 is 1.69 bits per heavy atom. The SMILES string of the molecule is CC[C@@H](Oc1ccc2ccccc2c1)C(=O)n1cc(C(=O)OC)c2ccccc21. The molecule has 5 heteroatoms. The van der Waals surface area contributed by atoms with Crippen LogP contribution in [0.15, 0.2) is 72.9 Å². The average Bonchev–Trinajstić information content (AvgIpc) is 3.16. The molecule has 146 valence electrons. The number of ether oxygens (including phenoxy) is 2. The lowest BCUT2D eigenvalue weighted by molar-refractivity contribution is 0.0602. The molecule has 3 aromatic carbocycles. The van der Waals surface area contributed by atoms with Gasteiger partial charge in [0.2, 0.25) is 0 Å². The highest BCUT2D eigenvalue weighted by Gasteiger charge is 2.25. The summed E-state index contributed by atoms with van der Waals surface area (Å²) in [4.78, 5) is 25.4. The van der Waals surface area contributed by atoms with E-state index in [1.54, 1.807) is 6.07 Å². The molecule has 0 aliphatic carbocycles. The molecule has 0 spiro atoms. The first-order valence-corrected chi connectivity index (χ1v) is 9.50. The van der Waals surface area contributed by atoms with Gasteiger partial charge in [-0.3, -0.25) is 9.36 Å². The van der Waals surface area contributed by atoms with E-state index < -0.39 is 12.1 Å². The maximum atomic E-state index is 13.3. The molecule has 29 heavy (non-hydrogen) atoms. The Bertz CT molecular complexity index is 1210. The Balaban J connectivity index is 1.69. The average molecular weight is 387 g/mol. The molecule has 0 saturated carbocycles. The predicted molar refractivity (Wildman–Crippen MR) is 113 cm³/mol. The van der Waals surface area contributed by atoms with E-state index in [-0.39, 0.29) is 5.91 Å². The molecular formula is C24H21NO4. The van der Waals surface area contributed by atoms with Gasteiger partial charge in [0.1, 0.15) is 5.75 Å². The van der Waals surface area contributed by atoms with E-state index in [0.29, 0.717) is 28.6 Å². The summed E-state index contributed by atoms with van der Waals surface area (Å²) in [7, 11) is 1.33. The fraction of sp³-hybridized carbons (Fsp3) is 0.167. The lowest BCUT2D eigenvalue weighted by atomic mass is 10.1. The fourth-order valence-electron chi connectivity index (χ4n) is 3.50. The van der Waals surface area contributed by atoms with Crippen LogP contribution in [0.5, 0.6) is 5.75 Å². The number of hydrogen-bond donors (Lipinski definition) is 0. The summed E-state index contributed by atoms with van der Waals surface area (Å²) in [6.45, 7) is 1.90. The Kier molecular flexibility index (Phi) is 5.04. The molecular weight excluding hydrogens is 366 g/mol. The number of benzene rings is 3. The quantitative estimate of drug-likeness (QED) is 0.448. The normalized spacial score (nSPS) is 12.1. The third-order valence-corrected chi connectivity index (χ3v) is 5.00. The van der Waals surface area contributed by atoms with E-state index in [2.05, 4.69) is 0 Å². The number of carbonyl (C=O) groups is 2. The van der Waals surface area contributed by atoms with Gasteiger partial charge in [-0.15, -0.1) is 0 Å². The van der Waals surface area contributed by atoms with Gasteiger partial charge in [-0.05, 0) is 35.4 Å². The third kappa shape index (κ3) is 3.47. The van der Waals surface area contributed by atoms with Gasteiger partial charge in [0.15, 0.2) is 6.10 Å². The number of rotatable bonds is 5. The number of methoxy groups -OCH3 is 1. The zero-order valence-corrected chi connectivity index (χ0v) is 16.3. The molecule has 0 radical (unpaired) electrons. The smallest absolute Gasteiger partial charge is 0.340 e. The third-order valence-electron chi connectivity index (χ3n) is 5.00. The number of para-hydroxylation sites is 1. The molecule has 0 amide bonds. The largest absolute Gasteiger partial charge is 0.481 e.